The molecule has 0 fully saturated rings. The van der Waals surface area contributed by atoms with Gasteiger partial charge in [0.25, 0.3) is 15.9 Å². The van der Waals surface area contributed by atoms with Gasteiger partial charge in [-0.3, -0.25) is 9.52 Å². The molecule has 1 N–H and O–H groups in total. The van der Waals surface area contributed by atoms with E-state index in [0.717, 1.165) is 0 Å². The maximum atomic E-state index is 12.5. The van der Waals surface area contributed by atoms with E-state index in [4.69, 9.17) is 0 Å². The molecule has 0 saturated carbocycles. The zero-order chi connectivity index (χ0) is 17.7. The smallest absolute Gasteiger partial charge is 0.263 e. The molecule has 0 heterocycles. The van der Waals surface area contributed by atoms with E-state index in [1.165, 1.54) is 6.07 Å². The summed E-state index contributed by atoms with van der Waals surface area (Å²) >= 11 is 3.24. The van der Waals surface area contributed by atoms with Gasteiger partial charge in [0.15, 0.2) is 0 Å². The molecule has 2 rings (SSSR count). The fraction of sp³-hybridized carbons (Fsp3) is 0.235. The van der Waals surface area contributed by atoms with Gasteiger partial charge in [0.1, 0.15) is 4.90 Å². The van der Waals surface area contributed by atoms with Gasteiger partial charge in [-0.05, 0) is 60.1 Å². The Morgan fingerprint density at radius 3 is 2.38 bits per heavy atom. The number of hydrogen-bond acceptors (Lipinski definition) is 3. The average molecular weight is 411 g/mol. The van der Waals surface area contributed by atoms with Crippen LogP contribution in [0.1, 0.15) is 24.2 Å². The molecule has 0 radical (unpaired) electrons. The summed E-state index contributed by atoms with van der Waals surface area (Å²) in [5, 5.41) is 0. The van der Waals surface area contributed by atoms with Crippen LogP contribution in [-0.4, -0.2) is 32.3 Å². The van der Waals surface area contributed by atoms with Crippen molar-refractivity contribution in [1.82, 2.24) is 4.90 Å². The van der Waals surface area contributed by atoms with Gasteiger partial charge < -0.3 is 4.90 Å². The van der Waals surface area contributed by atoms with Gasteiger partial charge in [-0.25, -0.2) is 8.42 Å². The first-order chi connectivity index (χ1) is 11.4. The van der Waals surface area contributed by atoms with Crippen LogP contribution in [0, 0.1) is 0 Å². The summed E-state index contributed by atoms with van der Waals surface area (Å²) in [6, 6.07) is 13.1. The van der Waals surface area contributed by atoms with Crippen LogP contribution in [0.3, 0.4) is 0 Å². The lowest BCUT2D eigenvalue weighted by Gasteiger charge is -2.19. The van der Waals surface area contributed by atoms with E-state index in [9.17, 15) is 13.2 Å². The number of nitrogens with zero attached hydrogens (tertiary/aromatic N) is 1. The molecule has 0 atom stereocenters. The van der Waals surface area contributed by atoms with Crippen molar-refractivity contribution in [3.8, 4) is 0 Å². The second-order valence-electron chi connectivity index (χ2n) is 5.09. The van der Waals surface area contributed by atoms with E-state index in [0.29, 0.717) is 28.8 Å². The Morgan fingerprint density at radius 1 is 1.08 bits per heavy atom. The Hall–Kier alpha value is -1.86. The number of rotatable bonds is 6. The maximum Gasteiger partial charge on any atom is 0.263 e. The molecule has 0 aliphatic rings. The Balaban J connectivity index is 2.30. The molecular formula is C17H19BrN2O3S. The highest BCUT2D eigenvalue weighted by Gasteiger charge is 2.18. The molecule has 0 aliphatic carbocycles. The molecule has 0 saturated heterocycles. The number of carbonyl (C=O) groups is 1. The van der Waals surface area contributed by atoms with E-state index in [-0.39, 0.29) is 10.8 Å². The van der Waals surface area contributed by atoms with Crippen molar-refractivity contribution in [2.24, 2.45) is 0 Å². The largest absolute Gasteiger partial charge is 0.339 e. The molecule has 5 nitrogen and oxygen atoms in total. The van der Waals surface area contributed by atoms with Crippen LogP contribution in [0.25, 0.3) is 0 Å². The molecule has 0 spiro atoms. The van der Waals surface area contributed by atoms with E-state index in [1.54, 1.807) is 47.4 Å². The minimum absolute atomic E-state index is 0.123. The third-order valence-corrected chi connectivity index (χ3v) is 5.93. The second kappa shape index (κ2) is 7.81. The van der Waals surface area contributed by atoms with Crippen LogP contribution >= 0.6 is 15.9 Å². The first-order valence-corrected chi connectivity index (χ1v) is 9.83. The van der Waals surface area contributed by atoms with Crippen molar-refractivity contribution in [3.63, 3.8) is 0 Å². The highest BCUT2D eigenvalue weighted by atomic mass is 79.9. The van der Waals surface area contributed by atoms with Gasteiger partial charge in [-0.1, -0.05) is 18.2 Å². The number of benzene rings is 2. The van der Waals surface area contributed by atoms with Gasteiger partial charge in [0.05, 0.1) is 0 Å². The van der Waals surface area contributed by atoms with E-state index >= 15 is 0 Å². The Labute approximate surface area is 150 Å². The molecule has 0 aromatic heterocycles. The van der Waals surface area contributed by atoms with Crippen molar-refractivity contribution in [2.75, 3.05) is 17.8 Å². The second-order valence-corrected chi connectivity index (χ2v) is 7.60. The van der Waals surface area contributed by atoms with Gasteiger partial charge >= 0.3 is 0 Å². The van der Waals surface area contributed by atoms with Crippen LogP contribution in [-0.2, 0) is 10.0 Å². The van der Waals surface area contributed by atoms with Gasteiger partial charge in [0.2, 0.25) is 0 Å². The number of carbonyl (C=O) groups excluding carboxylic acids is 1. The molecular weight excluding hydrogens is 392 g/mol. The van der Waals surface area contributed by atoms with Crippen molar-refractivity contribution >= 4 is 37.5 Å². The first kappa shape index (κ1) is 18.5. The first-order valence-electron chi connectivity index (χ1n) is 7.55. The number of anilines is 1. The lowest BCUT2D eigenvalue weighted by atomic mass is 10.2. The zero-order valence-electron chi connectivity index (χ0n) is 13.5. The van der Waals surface area contributed by atoms with Crippen molar-refractivity contribution in [1.29, 1.82) is 0 Å². The van der Waals surface area contributed by atoms with Gasteiger partial charge in [0, 0.05) is 28.8 Å². The Bertz CT molecular complexity index is 833. The number of nitrogens with one attached hydrogen (secondary N) is 1. The highest BCUT2D eigenvalue weighted by Crippen LogP contribution is 2.24. The zero-order valence-corrected chi connectivity index (χ0v) is 15.9. The predicted molar refractivity (Wildman–Crippen MR) is 98.6 cm³/mol. The summed E-state index contributed by atoms with van der Waals surface area (Å²) in [7, 11) is -3.74. The molecule has 7 heteroatoms. The van der Waals surface area contributed by atoms with E-state index in [2.05, 4.69) is 20.7 Å². The van der Waals surface area contributed by atoms with Gasteiger partial charge in [-0.15, -0.1) is 0 Å². The SMILES string of the molecule is CCN(CC)C(=O)c1cccc(NS(=O)(=O)c2ccccc2Br)c1. The minimum atomic E-state index is -3.74. The molecule has 1 amide bonds. The summed E-state index contributed by atoms with van der Waals surface area (Å²) in [5.74, 6) is -0.123. The Kier molecular flexibility index (Phi) is 6.01. The van der Waals surface area contributed by atoms with Crippen LogP contribution in [0.4, 0.5) is 5.69 Å². The summed E-state index contributed by atoms with van der Waals surface area (Å²) < 4.78 is 28.0. The van der Waals surface area contributed by atoms with Crippen LogP contribution in [0.15, 0.2) is 57.9 Å². The number of sulfonamides is 1. The summed E-state index contributed by atoms with van der Waals surface area (Å²) in [6.07, 6.45) is 0. The fourth-order valence-electron chi connectivity index (χ4n) is 2.28. The number of amides is 1. The predicted octanol–water partition coefficient (Wildman–Crippen LogP) is 3.73. The molecule has 2 aromatic rings. The van der Waals surface area contributed by atoms with E-state index < -0.39 is 10.0 Å². The lowest BCUT2D eigenvalue weighted by molar-refractivity contribution is 0.0773. The average Bonchev–Trinajstić information content (AvgIpc) is 2.56. The fourth-order valence-corrected chi connectivity index (χ4v) is 4.34. The van der Waals surface area contributed by atoms with Crippen LogP contribution < -0.4 is 4.72 Å². The molecule has 2 aromatic carbocycles. The standard InChI is InChI=1S/C17H19BrN2O3S/c1-3-20(4-2)17(21)13-8-7-9-14(12-13)19-24(22,23)16-11-6-5-10-15(16)18/h5-12,19H,3-4H2,1-2H3. The third-order valence-electron chi connectivity index (χ3n) is 3.54. The van der Waals surface area contributed by atoms with Crippen molar-refractivity contribution in [2.45, 2.75) is 18.7 Å². The van der Waals surface area contributed by atoms with Crippen molar-refractivity contribution < 1.29 is 13.2 Å². The highest BCUT2D eigenvalue weighted by molar-refractivity contribution is 9.10. The third kappa shape index (κ3) is 4.15. The summed E-state index contributed by atoms with van der Waals surface area (Å²) in [6.45, 7) is 5.01. The van der Waals surface area contributed by atoms with E-state index in [1.807, 2.05) is 13.8 Å². The maximum absolute atomic E-state index is 12.5. The molecule has 0 aliphatic heterocycles. The van der Waals surface area contributed by atoms with Crippen LogP contribution in [0.2, 0.25) is 0 Å². The normalized spacial score (nSPS) is 11.1. The van der Waals surface area contributed by atoms with Gasteiger partial charge in [-0.2, -0.15) is 0 Å². The van der Waals surface area contributed by atoms with Crippen LogP contribution in [0.5, 0.6) is 0 Å². The quantitative estimate of drug-likeness (QED) is 0.788. The topological polar surface area (TPSA) is 66.5 Å². The number of hydrogen-bond donors (Lipinski definition) is 1. The lowest BCUT2D eigenvalue weighted by Crippen LogP contribution is -2.30. The monoisotopic (exact) mass is 410 g/mol. The molecule has 0 unspecified atom stereocenters. The Morgan fingerprint density at radius 2 is 1.75 bits per heavy atom. The summed E-state index contributed by atoms with van der Waals surface area (Å²) in [4.78, 5) is 14.2. The summed E-state index contributed by atoms with van der Waals surface area (Å²) in [5.41, 5.74) is 0.801. The minimum Gasteiger partial charge on any atom is -0.339 e. The molecule has 24 heavy (non-hydrogen) atoms. The van der Waals surface area contributed by atoms with Crippen molar-refractivity contribution in [3.05, 3.63) is 58.6 Å². The molecule has 0 bridgehead atoms. The molecule has 128 valence electrons. The number of halogens is 1.